The SMILES string of the molecule is Cc1cccc(C)c1OCCC(C#N)c1cccc(C#N)c1. The van der Waals surface area contributed by atoms with Gasteiger partial charge in [-0.25, -0.2) is 0 Å². The van der Waals surface area contributed by atoms with Crippen LogP contribution in [-0.4, -0.2) is 6.61 Å². The summed E-state index contributed by atoms with van der Waals surface area (Å²) in [5.74, 6) is 0.627. The Labute approximate surface area is 131 Å². The van der Waals surface area contributed by atoms with Crippen LogP contribution in [0.5, 0.6) is 5.75 Å². The molecule has 0 aromatic heterocycles. The van der Waals surface area contributed by atoms with Crippen molar-refractivity contribution in [2.75, 3.05) is 6.61 Å². The van der Waals surface area contributed by atoms with Gasteiger partial charge in [0.2, 0.25) is 0 Å². The van der Waals surface area contributed by atoms with Crippen LogP contribution in [0.15, 0.2) is 42.5 Å². The van der Waals surface area contributed by atoms with E-state index in [1.54, 1.807) is 12.1 Å². The molecule has 0 saturated carbocycles. The highest BCUT2D eigenvalue weighted by Gasteiger charge is 2.12. The van der Waals surface area contributed by atoms with Gasteiger partial charge in [0.1, 0.15) is 5.75 Å². The minimum Gasteiger partial charge on any atom is -0.493 e. The minimum absolute atomic E-state index is 0.266. The van der Waals surface area contributed by atoms with Crippen molar-refractivity contribution in [3.8, 4) is 17.9 Å². The fraction of sp³-hybridized carbons (Fsp3) is 0.263. The van der Waals surface area contributed by atoms with E-state index in [1.165, 1.54) is 0 Å². The lowest BCUT2D eigenvalue weighted by Crippen LogP contribution is -2.06. The third-order valence-corrected chi connectivity index (χ3v) is 3.64. The van der Waals surface area contributed by atoms with Crippen molar-refractivity contribution in [3.05, 3.63) is 64.7 Å². The smallest absolute Gasteiger partial charge is 0.125 e. The molecule has 0 amide bonds. The zero-order valence-corrected chi connectivity index (χ0v) is 12.8. The van der Waals surface area contributed by atoms with Crippen LogP contribution in [0, 0.1) is 36.5 Å². The second kappa shape index (κ2) is 7.29. The van der Waals surface area contributed by atoms with E-state index in [0.29, 0.717) is 18.6 Å². The van der Waals surface area contributed by atoms with E-state index in [9.17, 15) is 5.26 Å². The second-order valence-electron chi connectivity index (χ2n) is 5.28. The highest BCUT2D eigenvalue weighted by atomic mass is 16.5. The standard InChI is InChI=1S/C19H18N2O/c1-14-5-3-6-15(2)19(14)22-10-9-18(13-21)17-8-4-7-16(11-17)12-20/h3-8,11,18H,9-10H2,1-2H3. The Balaban J connectivity index is 2.03. The summed E-state index contributed by atoms with van der Waals surface area (Å²) in [6.45, 7) is 4.50. The molecule has 0 N–H and O–H groups in total. The highest BCUT2D eigenvalue weighted by molar-refractivity contribution is 5.40. The van der Waals surface area contributed by atoms with Gasteiger partial charge in [0.05, 0.1) is 30.2 Å². The summed E-state index contributed by atoms with van der Waals surface area (Å²) >= 11 is 0. The molecule has 0 aliphatic carbocycles. The first-order chi connectivity index (χ1) is 10.7. The van der Waals surface area contributed by atoms with Gasteiger partial charge in [0.15, 0.2) is 0 Å². The van der Waals surface area contributed by atoms with E-state index in [-0.39, 0.29) is 5.92 Å². The molecule has 3 nitrogen and oxygen atoms in total. The molecule has 0 fully saturated rings. The van der Waals surface area contributed by atoms with Gasteiger partial charge in [-0.3, -0.25) is 0 Å². The Morgan fingerprint density at radius 2 is 1.73 bits per heavy atom. The van der Waals surface area contributed by atoms with Crippen molar-refractivity contribution in [3.63, 3.8) is 0 Å². The van der Waals surface area contributed by atoms with Gasteiger partial charge >= 0.3 is 0 Å². The van der Waals surface area contributed by atoms with E-state index in [0.717, 1.165) is 22.4 Å². The predicted molar refractivity (Wildman–Crippen MR) is 85.5 cm³/mol. The minimum atomic E-state index is -0.266. The molecule has 1 unspecified atom stereocenters. The number of para-hydroxylation sites is 1. The number of nitriles is 2. The van der Waals surface area contributed by atoms with Crippen molar-refractivity contribution in [2.24, 2.45) is 0 Å². The van der Waals surface area contributed by atoms with Crippen LogP contribution in [0.3, 0.4) is 0 Å². The third-order valence-electron chi connectivity index (χ3n) is 3.64. The number of hydrogen-bond acceptors (Lipinski definition) is 3. The van der Waals surface area contributed by atoms with E-state index in [4.69, 9.17) is 10.00 Å². The number of benzene rings is 2. The molecule has 0 spiro atoms. The summed E-state index contributed by atoms with van der Waals surface area (Å²) in [6.07, 6.45) is 0.596. The first-order valence-corrected chi connectivity index (χ1v) is 7.24. The maximum atomic E-state index is 9.36. The summed E-state index contributed by atoms with van der Waals surface area (Å²) < 4.78 is 5.86. The molecular weight excluding hydrogens is 272 g/mol. The molecule has 2 aromatic carbocycles. The normalized spacial score (nSPS) is 11.3. The van der Waals surface area contributed by atoms with Crippen molar-refractivity contribution >= 4 is 0 Å². The Kier molecular flexibility index (Phi) is 5.17. The van der Waals surface area contributed by atoms with Crippen LogP contribution in [0.4, 0.5) is 0 Å². The third kappa shape index (κ3) is 3.65. The summed E-state index contributed by atoms with van der Waals surface area (Å²) in [7, 11) is 0. The Hall–Kier alpha value is -2.78. The molecule has 2 rings (SSSR count). The lowest BCUT2D eigenvalue weighted by atomic mass is 9.96. The van der Waals surface area contributed by atoms with Crippen molar-refractivity contribution in [2.45, 2.75) is 26.2 Å². The van der Waals surface area contributed by atoms with Gasteiger partial charge in [0, 0.05) is 6.42 Å². The number of rotatable bonds is 5. The summed E-state index contributed by atoms with van der Waals surface area (Å²) in [4.78, 5) is 0. The summed E-state index contributed by atoms with van der Waals surface area (Å²) in [6, 6.07) is 17.6. The Morgan fingerprint density at radius 1 is 1.05 bits per heavy atom. The maximum Gasteiger partial charge on any atom is 0.125 e. The fourth-order valence-electron chi connectivity index (χ4n) is 2.44. The number of ether oxygens (including phenoxy) is 1. The van der Waals surface area contributed by atoms with Crippen LogP contribution < -0.4 is 4.74 Å². The van der Waals surface area contributed by atoms with Gasteiger partial charge in [-0.05, 0) is 42.7 Å². The molecular formula is C19H18N2O. The lowest BCUT2D eigenvalue weighted by Gasteiger charge is -2.14. The molecule has 0 saturated heterocycles. The number of nitrogens with zero attached hydrogens (tertiary/aromatic N) is 2. The van der Waals surface area contributed by atoms with Crippen LogP contribution >= 0.6 is 0 Å². The lowest BCUT2D eigenvalue weighted by molar-refractivity contribution is 0.302. The molecule has 0 heterocycles. The molecule has 0 aliphatic heterocycles. The summed E-state index contributed by atoms with van der Waals surface area (Å²) in [5.41, 5.74) is 3.64. The van der Waals surface area contributed by atoms with Crippen molar-refractivity contribution in [1.82, 2.24) is 0 Å². The highest BCUT2D eigenvalue weighted by Crippen LogP contribution is 2.24. The van der Waals surface area contributed by atoms with Gasteiger partial charge in [-0.15, -0.1) is 0 Å². The maximum absolute atomic E-state index is 9.36. The quantitative estimate of drug-likeness (QED) is 0.827. The molecule has 1 atom stereocenters. The first kappa shape index (κ1) is 15.6. The number of hydrogen-bond donors (Lipinski definition) is 0. The molecule has 2 aromatic rings. The van der Waals surface area contributed by atoms with Crippen LogP contribution in [-0.2, 0) is 0 Å². The predicted octanol–water partition coefficient (Wildman–Crippen LogP) is 4.25. The van der Waals surface area contributed by atoms with Gasteiger partial charge in [0.25, 0.3) is 0 Å². The first-order valence-electron chi connectivity index (χ1n) is 7.24. The second-order valence-corrected chi connectivity index (χ2v) is 5.28. The van der Waals surface area contributed by atoms with Crippen LogP contribution in [0.25, 0.3) is 0 Å². The molecule has 0 radical (unpaired) electrons. The molecule has 110 valence electrons. The molecule has 0 aliphatic rings. The van der Waals surface area contributed by atoms with Crippen molar-refractivity contribution < 1.29 is 4.74 Å². The summed E-state index contributed by atoms with van der Waals surface area (Å²) in [5, 5.41) is 18.3. The van der Waals surface area contributed by atoms with Crippen molar-refractivity contribution in [1.29, 1.82) is 10.5 Å². The average molecular weight is 290 g/mol. The molecule has 3 heteroatoms. The van der Waals surface area contributed by atoms with Gasteiger partial charge in [-0.2, -0.15) is 10.5 Å². The van der Waals surface area contributed by atoms with Crippen LogP contribution in [0.1, 0.15) is 34.6 Å². The van der Waals surface area contributed by atoms with E-state index >= 15 is 0 Å². The Bertz CT molecular complexity index is 718. The molecule has 22 heavy (non-hydrogen) atoms. The van der Waals surface area contributed by atoms with Gasteiger partial charge in [-0.1, -0.05) is 30.3 Å². The van der Waals surface area contributed by atoms with Gasteiger partial charge < -0.3 is 4.74 Å². The molecule has 0 bridgehead atoms. The van der Waals surface area contributed by atoms with E-state index in [2.05, 4.69) is 12.1 Å². The average Bonchev–Trinajstić information content (AvgIpc) is 2.54. The van der Waals surface area contributed by atoms with Crippen LogP contribution in [0.2, 0.25) is 0 Å². The fourth-order valence-corrected chi connectivity index (χ4v) is 2.44. The zero-order valence-electron chi connectivity index (χ0n) is 12.8. The monoisotopic (exact) mass is 290 g/mol. The van der Waals surface area contributed by atoms with E-state index < -0.39 is 0 Å². The number of aryl methyl sites for hydroxylation is 2. The van der Waals surface area contributed by atoms with E-state index in [1.807, 2.05) is 44.2 Å². The zero-order chi connectivity index (χ0) is 15.9. The Morgan fingerprint density at radius 3 is 2.36 bits per heavy atom. The largest absolute Gasteiger partial charge is 0.493 e. The topological polar surface area (TPSA) is 56.8 Å².